The van der Waals surface area contributed by atoms with Gasteiger partial charge >= 0.3 is 0 Å². The molecule has 0 bridgehead atoms. The molecule has 0 atom stereocenters. The molecule has 0 amide bonds. The monoisotopic (exact) mass is 486 g/mol. The van der Waals surface area contributed by atoms with Gasteiger partial charge in [0, 0.05) is 19.3 Å². The lowest BCUT2D eigenvalue weighted by Gasteiger charge is -2.16. The number of fused-ring (bicyclic) bond motifs is 1. The molecule has 0 saturated carbocycles. The number of nitrogens with one attached hydrogen (secondary N) is 2. The van der Waals surface area contributed by atoms with E-state index in [0.29, 0.717) is 22.5 Å². The maximum atomic E-state index is 5.93. The topological polar surface area (TPSA) is 116 Å². The molecule has 0 aromatic carbocycles. The summed E-state index contributed by atoms with van der Waals surface area (Å²) in [4.78, 5) is 13.5. The van der Waals surface area contributed by atoms with Crippen LogP contribution in [0.2, 0.25) is 0 Å². The first-order chi connectivity index (χ1) is 15.1. The molecular formula is C21H27BrN8O. The number of hydrogen-bond donors (Lipinski definition) is 3. The van der Waals surface area contributed by atoms with Gasteiger partial charge in [-0.3, -0.25) is 9.67 Å². The van der Waals surface area contributed by atoms with Gasteiger partial charge < -0.3 is 21.1 Å². The number of ether oxygens (including phenoxy) is 1. The summed E-state index contributed by atoms with van der Waals surface area (Å²) in [6.45, 7) is 5.21. The summed E-state index contributed by atoms with van der Waals surface area (Å²) in [5.41, 5.74) is 10.5. The maximum Gasteiger partial charge on any atom is 0.222 e. The van der Waals surface area contributed by atoms with Crippen LogP contribution >= 0.6 is 15.9 Å². The number of aromatic nitrogens is 5. The highest BCUT2D eigenvalue weighted by atomic mass is 79.9. The summed E-state index contributed by atoms with van der Waals surface area (Å²) in [5, 5.41) is 11.3. The second-order valence-corrected chi connectivity index (χ2v) is 8.16. The van der Waals surface area contributed by atoms with Crippen molar-refractivity contribution in [3.8, 4) is 5.75 Å². The SMILES string of the molecule is CCCCNc1nc(N)nc2c(Br)nn(Cc3ncc(C4=CCNCC4)cc3OC)c12. The minimum Gasteiger partial charge on any atom is -0.495 e. The fourth-order valence-electron chi connectivity index (χ4n) is 3.66. The van der Waals surface area contributed by atoms with Gasteiger partial charge in [-0.15, -0.1) is 0 Å². The Morgan fingerprint density at radius 2 is 2.23 bits per heavy atom. The predicted molar refractivity (Wildman–Crippen MR) is 126 cm³/mol. The number of nitrogens with zero attached hydrogens (tertiary/aromatic N) is 5. The molecular weight excluding hydrogens is 460 g/mol. The van der Waals surface area contributed by atoms with E-state index >= 15 is 0 Å². The van der Waals surface area contributed by atoms with Crippen LogP contribution in [0.4, 0.5) is 11.8 Å². The standard InChI is InChI=1S/C21H27BrN8O/c1-3-4-7-25-20-18-17(27-21(23)28-20)19(22)29-30(18)12-15-16(31-2)10-14(11-26-15)13-5-8-24-9-6-13/h5,10-11,24H,3-4,6-9,12H2,1-2H3,(H3,23,25,27,28). The van der Waals surface area contributed by atoms with Crippen molar-refractivity contribution in [3.05, 3.63) is 34.2 Å². The Labute approximate surface area is 189 Å². The summed E-state index contributed by atoms with van der Waals surface area (Å²) in [6.07, 6.45) is 7.20. The molecule has 4 N–H and O–H groups in total. The molecule has 4 heterocycles. The highest BCUT2D eigenvalue weighted by Gasteiger charge is 2.19. The zero-order chi connectivity index (χ0) is 21.8. The van der Waals surface area contributed by atoms with Gasteiger partial charge in [0.15, 0.2) is 10.4 Å². The highest BCUT2D eigenvalue weighted by molar-refractivity contribution is 9.10. The average molecular weight is 487 g/mol. The Hall–Kier alpha value is -2.72. The number of rotatable bonds is 8. The third kappa shape index (κ3) is 4.64. The Bertz CT molecular complexity index is 1110. The summed E-state index contributed by atoms with van der Waals surface area (Å²) in [5.74, 6) is 1.61. The van der Waals surface area contributed by atoms with Crippen molar-refractivity contribution in [1.82, 2.24) is 30.0 Å². The van der Waals surface area contributed by atoms with E-state index in [-0.39, 0.29) is 5.95 Å². The molecule has 9 nitrogen and oxygen atoms in total. The molecule has 10 heteroatoms. The van der Waals surface area contributed by atoms with Crippen molar-refractivity contribution in [3.63, 3.8) is 0 Å². The lowest BCUT2D eigenvalue weighted by Crippen LogP contribution is -2.20. The second kappa shape index (κ2) is 9.61. The van der Waals surface area contributed by atoms with Gasteiger partial charge in [-0.1, -0.05) is 19.4 Å². The number of pyridine rings is 1. The van der Waals surface area contributed by atoms with Crippen molar-refractivity contribution in [2.45, 2.75) is 32.7 Å². The second-order valence-electron chi connectivity index (χ2n) is 7.41. The smallest absolute Gasteiger partial charge is 0.222 e. The van der Waals surface area contributed by atoms with Crippen LogP contribution in [0.1, 0.15) is 37.4 Å². The minimum atomic E-state index is 0.210. The van der Waals surface area contributed by atoms with Crippen LogP contribution in [0.5, 0.6) is 5.75 Å². The van der Waals surface area contributed by atoms with Crippen LogP contribution in [-0.4, -0.2) is 51.5 Å². The number of nitrogens with two attached hydrogens (primary N) is 1. The van der Waals surface area contributed by atoms with E-state index in [1.807, 2.05) is 10.9 Å². The van der Waals surface area contributed by atoms with Crippen molar-refractivity contribution in [1.29, 1.82) is 0 Å². The molecule has 164 valence electrons. The summed E-state index contributed by atoms with van der Waals surface area (Å²) < 4.78 is 8.12. The Morgan fingerprint density at radius 3 is 2.97 bits per heavy atom. The van der Waals surface area contributed by atoms with Gasteiger partial charge in [0.1, 0.15) is 22.5 Å². The maximum absolute atomic E-state index is 5.93. The summed E-state index contributed by atoms with van der Waals surface area (Å²) in [6, 6.07) is 2.05. The fourth-order valence-corrected chi connectivity index (χ4v) is 4.12. The van der Waals surface area contributed by atoms with Crippen molar-refractivity contribution >= 4 is 44.3 Å². The van der Waals surface area contributed by atoms with Crippen LogP contribution in [0.15, 0.2) is 22.9 Å². The zero-order valence-electron chi connectivity index (χ0n) is 17.8. The van der Waals surface area contributed by atoms with Gasteiger partial charge in [0.25, 0.3) is 0 Å². The Kier molecular flexibility index (Phi) is 6.67. The largest absolute Gasteiger partial charge is 0.495 e. The lowest BCUT2D eigenvalue weighted by atomic mass is 10.0. The summed E-state index contributed by atoms with van der Waals surface area (Å²) in [7, 11) is 1.67. The fraction of sp³-hybridized carbons (Fsp3) is 0.429. The van der Waals surface area contributed by atoms with Gasteiger partial charge in [-0.05, 0) is 52.5 Å². The molecule has 0 radical (unpaired) electrons. The van der Waals surface area contributed by atoms with Gasteiger partial charge in [0.05, 0.1) is 13.7 Å². The quantitative estimate of drug-likeness (QED) is 0.415. The normalized spacial score (nSPS) is 14.0. The number of methoxy groups -OCH3 is 1. The molecule has 4 rings (SSSR count). The van der Waals surface area contributed by atoms with E-state index < -0.39 is 0 Å². The van der Waals surface area contributed by atoms with E-state index in [9.17, 15) is 0 Å². The molecule has 1 aliphatic rings. The number of nitrogen functional groups attached to an aromatic ring is 1. The van der Waals surface area contributed by atoms with E-state index in [1.165, 1.54) is 5.57 Å². The van der Waals surface area contributed by atoms with Gasteiger partial charge in [-0.2, -0.15) is 10.1 Å². The minimum absolute atomic E-state index is 0.210. The molecule has 0 fully saturated rings. The van der Waals surface area contributed by atoms with Crippen LogP contribution in [0, 0.1) is 0 Å². The van der Waals surface area contributed by atoms with Crippen LogP contribution in [0.3, 0.4) is 0 Å². The molecule has 0 spiro atoms. The van der Waals surface area contributed by atoms with Crippen molar-refractivity contribution in [2.24, 2.45) is 0 Å². The Morgan fingerprint density at radius 1 is 1.35 bits per heavy atom. The third-order valence-electron chi connectivity index (χ3n) is 5.27. The van der Waals surface area contributed by atoms with E-state index in [2.05, 4.69) is 60.7 Å². The van der Waals surface area contributed by atoms with Crippen molar-refractivity contribution in [2.75, 3.05) is 37.8 Å². The first-order valence-electron chi connectivity index (χ1n) is 10.5. The number of halogens is 1. The molecule has 0 saturated heterocycles. The molecule has 3 aromatic heterocycles. The van der Waals surface area contributed by atoms with E-state index in [1.54, 1.807) is 7.11 Å². The first kappa shape index (κ1) is 21.5. The molecule has 1 aliphatic heterocycles. The third-order valence-corrected chi connectivity index (χ3v) is 5.80. The predicted octanol–water partition coefficient (Wildman–Crippen LogP) is 3.21. The number of unbranched alkanes of at least 4 members (excludes halogenated alkanes) is 1. The lowest BCUT2D eigenvalue weighted by molar-refractivity contribution is 0.404. The van der Waals surface area contributed by atoms with E-state index in [0.717, 1.165) is 61.4 Å². The Balaban J connectivity index is 1.70. The van der Waals surface area contributed by atoms with Crippen LogP contribution in [0.25, 0.3) is 16.6 Å². The van der Waals surface area contributed by atoms with Crippen LogP contribution < -0.4 is 21.1 Å². The number of anilines is 2. The van der Waals surface area contributed by atoms with Crippen LogP contribution in [-0.2, 0) is 6.54 Å². The molecule has 0 unspecified atom stereocenters. The van der Waals surface area contributed by atoms with Crippen molar-refractivity contribution < 1.29 is 4.74 Å². The molecule has 0 aliphatic carbocycles. The summed E-state index contributed by atoms with van der Waals surface area (Å²) >= 11 is 3.51. The van der Waals surface area contributed by atoms with Gasteiger partial charge in [-0.25, -0.2) is 4.98 Å². The zero-order valence-corrected chi connectivity index (χ0v) is 19.4. The molecule has 31 heavy (non-hydrogen) atoms. The molecule has 3 aromatic rings. The highest BCUT2D eigenvalue weighted by Crippen LogP contribution is 2.30. The number of hydrogen-bond acceptors (Lipinski definition) is 8. The van der Waals surface area contributed by atoms with Gasteiger partial charge in [0.2, 0.25) is 5.95 Å². The average Bonchev–Trinajstić information content (AvgIpc) is 3.09. The first-order valence-corrected chi connectivity index (χ1v) is 11.3. The van der Waals surface area contributed by atoms with E-state index in [4.69, 9.17) is 15.5 Å².